The summed E-state index contributed by atoms with van der Waals surface area (Å²) >= 11 is 1.42. The molecule has 1 saturated carbocycles. The Bertz CT molecular complexity index is 715. The molecule has 0 amide bonds. The molecular weight excluding hydrogens is 277 g/mol. The SMILES string of the molecule is CSc1ncc2c(C)cc(=O)n([C@@H]3CCC[C@@H]3F)c2n1. The van der Waals surface area contributed by atoms with Gasteiger partial charge in [0.2, 0.25) is 0 Å². The average molecular weight is 293 g/mol. The van der Waals surface area contributed by atoms with E-state index in [1.165, 1.54) is 16.3 Å². The number of hydrogen-bond acceptors (Lipinski definition) is 4. The maximum Gasteiger partial charge on any atom is 0.252 e. The topological polar surface area (TPSA) is 47.8 Å². The van der Waals surface area contributed by atoms with E-state index >= 15 is 0 Å². The fourth-order valence-corrected chi connectivity index (χ4v) is 3.20. The van der Waals surface area contributed by atoms with Crippen molar-refractivity contribution in [2.75, 3.05) is 6.26 Å². The minimum atomic E-state index is -0.966. The maximum absolute atomic E-state index is 14.1. The first-order chi connectivity index (χ1) is 9.61. The van der Waals surface area contributed by atoms with Gasteiger partial charge in [-0.2, -0.15) is 0 Å². The lowest BCUT2D eigenvalue weighted by Crippen LogP contribution is -2.28. The van der Waals surface area contributed by atoms with Crippen LogP contribution in [0.4, 0.5) is 4.39 Å². The van der Waals surface area contributed by atoms with Crippen LogP contribution >= 0.6 is 11.8 Å². The number of nitrogens with zero attached hydrogens (tertiary/aromatic N) is 3. The summed E-state index contributed by atoms with van der Waals surface area (Å²) in [7, 11) is 0. The van der Waals surface area contributed by atoms with Crippen molar-refractivity contribution in [1.29, 1.82) is 0 Å². The molecule has 2 atom stereocenters. The monoisotopic (exact) mass is 293 g/mol. The molecule has 2 aromatic heterocycles. The number of halogens is 1. The Morgan fingerprint density at radius 2 is 2.25 bits per heavy atom. The average Bonchev–Trinajstić information content (AvgIpc) is 2.84. The van der Waals surface area contributed by atoms with Crippen LogP contribution in [-0.2, 0) is 0 Å². The summed E-state index contributed by atoms with van der Waals surface area (Å²) in [5.41, 5.74) is 1.22. The van der Waals surface area contributed by atoms with Gasteiger partial charge in [-0.25, -0.2) is 14.4 Å². The quantitative estimate of drug-likeness (QED) is 0.631. The van der Waals surface area contributed by atoms with Crippen molar-refractivity contribution in [3.8, 4) is 0 Å². The molecule has 0 N–H and O–H groups in total. The van der Waals surface area contributed by atoms with Gasteiger partial charge in [0.25, 0.3) is 5.56 Å². The second-order valence-electron chi connectivity index (χ2n) is 5.14. The number of fused-ring (bicyclic) bond motifs is 1. The summed E-state index contributed by atoms with van der Waals surface area (Å²) in [4.78, 5) is 21.0. The number of pyridine rings is 1. The molecule has 1 aliphatic carbocycles. The molecule has 0 aromatic carbocycles. The Morgan fingerprint density at radius 1 is 1.45 bits per heavy atom. The summed E-state index contributed by atoms with van der Waals surface area (Å²) in [6, 6.07) is 1.16. The lowest BCUT2D eigenvalue weighted by Gasteiger charge is -2.19. The first-order valence-corrected chi connectivity index (χ1v) is 7.91. The van der Waals surface area contributed by atoms with Crippen LogP contribution < -0.4 is 5.56 Å². The molecule has 2 aromatic rings. The molecule has 6 heteroatoms. The van der Waals surface area contributed by atoms with Crippen molar-refractivity contribution >= 4 is 22.8 Å². The van der Waals surface area contributed by atoms with Gasteiger partial charge in [-0.05, 0) is 38.0 Å². The normalized spacial score (nSPS) is 22.6. The Balaban J connectivity index is 2.31. The number of aromatic nitrogens is 3. The predicted octanol–water partition coefficient (Wildman–Crippen LogP) is 2.88. The van der Waals surface area contributed by atoms with Crippen LogP contribution in [0.5, 0.6) is 0 Å². The Hall–Kier alpha value is -1.43. The zero-order valence-electron chi connectivity index (χ0n) is 11.5. The molecule has 1 fully saturated rings. The molecule has 106 valence electrons. The molecule has 0 aliphatic heterocycles. The summed E-state index contributed by atoms with van der Waals surface area (Å²) in [6.07, 6.45) is 4.67. The number of alkyl halides is 1. The van der Waals surface area contributed by atoms with E-state index in [9.17, 15) is 9.18 Å². The lowest BCUT2D eigenvalue weighted by atomic mass is 10.1. The van der Waals surface area contributed by atoms with E-state index in [0.717, 1.165) is 17.4 Å². The molecule has 0 radical (unpaired) electrons. The highest BCUT2D eigenvalue weighted by Crippen LogP contribution is 2.33. The van der Waals surface area contributed by atoms with Crippen LogP contribution in [0.1, 0.15) is 30.9 Å². The molecule has 0 bridgehead atoms. The summed E-state index contributed by atoms with van der Waals surface area (Å²) in [5, 5.41) is 1.42. The van der Waals surface area contributed by atoms with Gasteiger partial charge in [-0.3, -0.25) is 9.36 Å². The second-order valence-corrected chi connectivity index (χ2v) is 5.92. The third-order valence-corrected chi connectivity index (χ3v) is 4.45. The van der Waals surface area contributed by atoms with E-state index in [1.807, 2.05) is 13.2 Å². The van der Waals surface area contributed by atoms with Crippen molar-refractivity contribution in [2.45, 2.75) is 43.6 Å². The van der Waals surface area contributed by atoms with Crippen LogP contribution in [0, 0.1) is 6.92 Å². The van der Waals surface area contributed by atoms with E-state index in [2.05, 4.69) is 9.97 Å². The van der Waals surface area contributed by atoms with Crippen LogP contribution in [0.25, 0.3) is 11.0 Å². The van der Waals surface area contributed by atoms with Crippen molar-refractivity contribution in [1.82, 2.24) is 14.5 Å². The van der Waals surface area contributed by atoms with Gasteiger partial charge < -0.3 is 0 Å². The Labute approximate surface area is 120 Å². The number of thioether (sulfide) groups is 1. The Kier molecular flexibility index (Phi) is 3.50. The highest BCUT2D eigenvalue weighted by molar-refractivity contribution is 7.98. The van der Waals surface area contributed by atoms with Crippen LogP contribution in [-0.4, -0.2) is 27.0 Å². The molecule has 1 aliphatic rings. The van der Waals surface area contributed by atoms with E-state index < -0.39 is 12.2 Å². The third-order valence-electron chi connectivity index (χ3n) is 3.89. The highest BCUT2D eigenvalue weighted by Gasteiger charge is 2.30. The van der Waals surface area contributed by atoms with Crippen molar-refractivity contribution in [2.24, 2.45) is 0 Å². The zero-order valence-corrected chi connectivity index (χ0v) is 12.3. The summed E-state index contributed by atoms with van der Waals surface area (Å²) in [6.45, 7) is 1.86. The van der Waals surface area contributed by atoms with Gasteiger partial charge in [-0.1, -0.05) is 11.8 Å². The smallest absolute Gasteiger partial charge is 0.252 e. The first kappa shape index (κ1) is 13.5. The van der Waals surface area contributed by atoms with Gasteiger partial charge >= 0.3 is 0 Å². The molecule has 3 rings (SSSR count). The second kappa shape index (κ2) is 5.16. The lowest BCUT2D eigenvalue weighted by molar-refractivity contribution is 0.263. The third kappa shape index (κ3) is 2.12. The van der Waals surface area contributed by atoms with Gasteiger partial charge in [-0.15, -0.1) is 0 Å². The van der Waals surface area contributed by atoms with Crippen molar-refractivity contribution in [3.63, 3.8) is 0 Å². The first-order valence-electron chi connectivity index (χ1n) is 6.69. The van der Waals surface area contributed by atoms with Crippen LogP contribution in [0.15, 0.2) is 22.2 Å². The molecular formula is C14H16FN3OS. The van der Waals surface area contributed by atoms with Gasteiger partial charge in [0, 0.05) is 17.6 Å². The molecule has 20 heavy (non-hydrogen) atoms. The standard InChI is InChI=1S/C14H16FN3OS/c1-8-6-12(19)18(11-5-3-4-10(11)15)13-9(8)7-16-14(17-13)20-2/h6-7,10-11H,3-5H2,1-2H3/t10-,11+/m0/s1. The molecule has 0 spiro atoms. The Morgan fingerprint density at radius 3 is 2.90 bits per heavy atom. The minimum absolute atomic E-state index is 0.171. The maximum atomic E-state index is 14.1. The van der Waals surface area contributed by atoms with Crippen molar-refractivity contribution < 1.29 is 4.39 Å². The van der Waals surface area contributed by atoms with E-state index in [1.54, 1.807) is 12.3 Å². The van der Waals surface area contributed by atoms with Gasteiger partial charge in [0.15, 0.2) is 5.16 Å². The highest BCUT2D eigenvalue weighted by atomic mass is 32.2. The largest absolute Gasteiger partial charge is 0.286 e. The summed E-state index contributed by atoms with van der Waals surface area (Å²) < 4.78 is 15.6. The molecule has 4 nitrogen and oxygen atoms in total. The number of aryl methyl sites for hydroxylation is 1. The van der Waals surface area contributed by atoms with Gasteiger partial charge in [0.05, 0.1) is 6.04 Å². The van der Waals surface area contributed by atoms with E-state index in [0.29, 0.717) is 23.6 Å². The van der Waals surface area contributed by atoms with E-state index in [-0.39, 0.29) is 5.56 Å². The molecule has 2 heterocycles. The van der Waals surface area contributed by atoms with Crippen LogP contribution in [0.2, 0.25) is 0 Å². The number of rotatable bonds is 2. The van der Waals surface area contributed by atoms with Crippen molar-refractivity contribution in [3.05, 3.63) is 28.2 Å². The summed E-state index contributed by atoms with van der Waals surface area (Å²) in [5.74, 6) is 0. The minimum Gasteiger partial charge on any atom is -0.286 e. The predicted molar refractivity (Wildman–Crippen MR) is 78.1 cm³/mol. The fourth-order valence-electron chi connectivity index (χ4n) is 2.86. The molecule has 0 saturated heterocycles. The zero-order chi connectivity index (χ0) is 14.3. The van der Waals surface area contributed by atoms with E-state index in [4.69, 9.17) is 0 Å². The molecule has 0 unspecified atom stereocenters. The number of hydrogen-bond donors (Lipinski definition) is 0. The van der Waals surface area contributed by atoms with Crippen LogP contribution in [0.3, 0.4) is 0 Å². The van der Waals surface area contributed by atoms with Gasteiger partial charge in [0.1, 0.15) is 11.8 Å². The fraction of sp³-hybridized carbons (Fsp3) is 0.500.